The second-order valence-electron chi connectivity index (χ2n) is 7.16. The molecule has 1 aliphatic rings. The van der Waals surface area contributed by atoms with Crippen molar-refractivity contribution in [1.82, 2.24) is 4.90 Å². The van der Waals surface area contributed by atoms with Crippen LogP contribution in [0, 0.1) is 0 Å². The minimum Gasteiger partial charge on any atom is -0.490 e. The number of amides is 1. The fourth-order valence-electron chi connectivity index (χ4n) is 3.44. The zero-order valence-corrected chi connectivity index (χ0v) is 16.4. The minimum atomic E-state index is 0.000399. The van der Waals surface area contributed by atoms with Gasteiger partial charge in [-0.1, -0.05) is 60.7 Å². The second kappa shape index (κ2) is 9.28. The highest BCUT2D eigenvalue weighted by molar-refractivity contribution is 5.95. The second-order valence-corrected chi connectivity index (χ2v) is 7.16. The third kappa shape index (κ3) is 4.96. The first-order chi connectivity index (χ1) is 14.3. The lowest BCUT2D eigenvalue weighted by Gasteiger charge is -2.23. The van der Waals surface area contributed by atoms with Crippen LogP contribution in [0.2, 0.25) is 0 Å². The Hall–Kier alpha value is -3.27. The van der Waals surface area contributed by atoms with Crippen LogP contribution in [0.15, 0.2) is 78.9 Å². The van der Waals surface area contributed by atoms with E-state index >= 15 is 0 Å². The number of rotatable bonds is 6. The van der Waals surface area contributed by atoms with Gasteiger partial charge in [0.1, 0.15) is 0 Å². The maximum Gasteiger partial charge on any atom is 0.254 e. The molecule has 0 aromatic heterocycles. The summed E-state index contributed by atoms with van der Waals surface area (Å²) in [6.45, 7) is 2.46. The molecule has 29 heavy (non-hydrogen) atoms. The van der Waals surface area contributed by atoms with Crippen molar-refractivity contribution in [1.29, 1.82) is 0 Å². The van der Waals surface area contributed by atoms with Crippen LogP contribution < -0.4 is 9.47 Å². The highest BCUT2D eigenvalue weighted by Gasteiger charge is 2.19. The Kier molecular flexibility index (Phi) is 6.10. The predicted molar refractivity (Wildman–Crippen MR) is 113 cm³/mol. The Balaban J connectivity index is 1.55. The molecule has 0 unspecified atom stereocenters. The van der Waals surface area contributed by atoms with Crippen molar-refractivity contribution < 1.29 is 14.3 Å². The summed E-state index contributed by atoms with van der Waals surface area (Å²) in [4.78, 5) is 15.3. The summed E-state index contributed by atoms with van der Waals surface area (Å²) in [5.74, 6) is 1.36. The smallest absolute Gasteiger partial charge is 0.254 e. The maximum absolute atomic E-state index is 13.4. The molecule has 3 aromatic rings. The summed E-state index contributed by atoms with van der Waals surface area (Å²) in [6.07, 6.45) is 1.65. The molecule has 0 spiro atoms. The van der Waals surface area contributed by atoms with Gasteiger partial charge in [0.15, 0.2) is 11.5 Å². The summed E-state index contributed by atoms with van der Waals surface area (Å²) < 4.78 is 11.5. The zero-order chi connectivity index (χ0) is 19.9. The average Bonchev–Trinajstić information content (AvgIpc) is 3.02. The van der Waals surface area contributed by atoms with Gasteiger partial charge in [0.05, 0.1) is 13.2 Å². The van der Waals surface area contributed by atoms with Crippen LogP contribution in [-0.2, 0) is 13.0 Å². The van der Waals surface area contributed by atoms with E-state index in [1.54, 1.807) is 0 Å². The van der Waals surface area contributed by atoms with Gasteiger partial charge in [0.25, 0.3) is 5.91 Å². The number of hydrogen-bond donors (Lipinski definition) is 0. The van der Waals surface area contributed by atoms with Gasteiger partial charge >= 0.3 is 0 Å². The summed E-state index contributed by atoms with van der Waals surface area (Å²) in [5, 5.41) is 0. The van der Waals surface area contributed by atoms with Gasteiger partial charge in [-0.3, -0.25) is 4.79 Å². The quantitative estimate of drug-likeness (QED) is 0.614. The van der Waals surface area contributed by atoms with E-state index in [1.165, 1.54) is 5.56 Å². The zero-order valence-electron chi connectivity index (χ0n) is 16.4. The Morgan fingerprint density at radius 3 is 2.17 bits per heavy atom. The summed E-state index contributed by atoms with van der Waals surface area (Å²) in [5.41, 5.74) is 2.96. The van der Waals surface area contributed by atoms with Gasteiger partial charge in [0.2, 0.25) is 0 Å². The Labute approximate surface area is 171 Å². The predicted octanol–water partition coefficient (Wildman–Crippen LogP) is 4.73. The van der Waals surface area contributed by atoms with Crippen molar-refractivity contribution in [2.75, 3.05) is 19.8 Å². The molecule has 0 saturated heterocycles. The number of nitrogens with zero attached hydrogens (tertiary/aromatic N) is 1. The molecular formula is C25H25NO3. The van der Waals surface area contributed by atoms with E-state index in [2.05, 4.69) is 24.3 Å². The number of benzene rings is 3. The van der Waals surface area contributed by atoms with Gasteiger partial charge in [0, 0.05) is 25.1 Å². The normalized spacial score (nSPS) is 12.8. The van der Waals surface area contributed by atoms with Crippen molar-refractivity contribution in [3.8, 4) is 11.5 Å². The molecule has 4 nitrogen and oxygen atoms in total. The van der Waals surface area contributed by atoms with Crippen LogP contribution in [0.25, 0.3) is 0 Å². The van der Waals surface area contributed by atoms with E-state index in [0.29, 0.717) is 43.4 Å². The van der Waals surface area contributed by atoms with Gasteiger partial charge in [-0.05, 0) is 35.7 Å². The Bertz CT molecular complexity index is 941. The first kappa shape index (κ1) is 19.1. The fraction of sp³-hybridized carbons (Fsp3) is 0.240. The number of carbonyl (C=O) groups excluding carboxylic acids is 1. The summed E-state index contributed by atoms with van der Waals surface area (Å²) >= 11 is 0. The van der Waals surface area contributed by atoms with Crippen LogP contribution in [0.5, 0.6) is 11.5 Å². The van der Waals surface area contributed by atoms with Crippen LogP contribution in [0.4, 0.5) is 0 Å². The highest BCUT2D eigenvalue weighted by atomic mass is 16.5. The molecule has 148 valence electrons. The van der Waals surface area contributed by atoms with Crippen LogP contribution >= 0.6 is 0 Å². The van der Waals surface area contributed by atoms with Gasteiger partial charge in [-0.25, -0.2) is 0 Å². The van der Waals surface area contributed by atoms with E-state index in [9.17, 15) is 4.79 Å². The monoisotopic (exact) mass is 387 g/mol. The molecule has 0 aliphatic carbocycles. The van der Waals surface area contributed by atoms with Crippen molar-refractivity contribution in [3.63, 3.8) is 0 Å². The van der Waals surface area contributed by atoms with Crippen LogP contribution in [-0.4, -0.2) is 30.6 Å². The number of carbonyl (C=O) groups is 1. The first-order valence-electron chi connectivity index (χ1n) is 10.1. The fourth-order valence-corrected chi connectivity index (χ4v) is 3.44. The third-order valence-electron chi connectivity index (χ3n) is 5.01. The molecule has 3 aromatic carbocycles. The topological polar surface area (TPSA) is 38.8 Å². The summed E-state index contributed by atoms with van der Waals surface area (Å²) in [7, 11) is 0. The molecule has 0 radical (unpaired) electrons. The first-order valence-corrected chi connectivity index (χ1v) is 10.1. The molecule has 0 atom stereocenters. The summed E-state index contributed by atoms with van der Waals surface area (Å²) in [6, 6.07) is 25.8. The van der Waals surface area contributed by atoms with E-state index in [-0.39, 0.29) is 5.91 Å². The largest absolute Gasteiger partial charge is 0.490 e. The standard InChI is InChI=1S/C25H25NO3/c27-25(22-12-13-23-24(18-22)29-17-7-16-28-23)26(19-21-10-5-2-6-11-21)15-14-20-8-3-1-4-9-20/h1-6,8-13,18H,7,14-17,19H2. The maximum atomic E-state index is 13.4. The molecule has 1 heterocycles. The van der Waals surface area contributed by atoms with Crippen molar-refractivity contribution >= 4 is 5.91 Å². The number of hydrogen-bond acceptors (Lipinski definition) is 3. The SMILES string of the molecule is O=C(c1ccc2c(c1)OCCCO2)N(CCc1ccccc1)Cc1ccccc1. The number of fused-ring (bicyclic) bond motifs is 1. The molecule has 0 N–H and O–H groups in total. The third-order valence-corrected chi connectivity index (χ3v) is 5.01. The van der Waals surface area contributed by atoms with E-state index in [4.69, 9.17) is 9.47 Å². The van der Waals surface area contributed by atoms with Gasteiger partial charge < -0.3 is 14.4 Å². The Morgan fingerprint density at radius 1 is 0.793 bits per heavy atom. The van der Waals surface area contributed by atoms with Crippen LogP contribution in [0.3, 0.4) is 0 Å². The van der Waals surface area contributed by atoms with Gasteiger partial charge in [-0.15, -0.1) is 0 Å². The molecule has 4 heteroatoms. The van der Waals surface area contributed by atoms with Crippen molar-refractivity contribution in [2.24, 2.45) is 0 Å². The van der Waals surface area contributed by atoms with E-state index < -0.39 is 0 Å². The number of ether oxygens (including phenoxy) is 2. The molecular weight excluding hydrogens is 362 g/mol. The lowest BCUT2D eigenvalue weighted by atomic mass is 10.1. The van der Waals surface area contributed by atoms with Gasteiger partial charge in [-0.2, -0.15) is 0 Å². The minimum absolute atomic E-state index is 0.000399. The van der Waals surface area contributed by atoms with Crippen molar-refractivity contribution in [2.45, 2.75) is 19.4 Å². The van der Waals surface area contributed by atoms with Crippen molar-refractivity contribution in [3.05, 3.63) is 95.6 Å². The lowest BCUT2D eigenvalue weighted by molar-refractivity contribution is 0.0744. The average molecular weight is 387 g/mol. The molecule has 4 rings (SSSR count). The Morgan fingerprint density at radius 2 is 1.45 bits per heavy atom. The van der Waals surface area contributed by atoms with Crippen LogP contribution in [0.1, 0.15) is 27.9 Å². The molecule has 1 amide bonds. The molecule has 0 saturated carbocycles. The molecule has 1 aliphatic heterocycles. The molecule has 0 fully saturated rings. The lowest BCUT2D eigenvalue weighted by Crippen LogP contribution is -2.32. The molecule has 0 bridgehead atoms. The van der Waals surface area contributed by atoms with E-state index in [0.717, 1.165) is 18.4 Å². The van der Waals surface area contributed by atoms with E-state index in [1.807, 2.05) is 59.5 Å². The highest BCUT2D eigenvalue weighted by Crippen LogP contribution is 2.31.